The summed E-state index contributed by atoms with van der Waals surface area (Å²) in [5.74, 6) is 2.20. The number of ether oxygens (including phenoxy) is 1. The summed E-state index contributed by atoms with van der Waals surface area (Å²) in [6.45, 7) is 0.773. The molecule has 1 fully saturated rings. The maximum atomic E-state index is 5.65. The van der Waals surface area contributed by atoms with Gasteiger partial charge in [-0.15, -0.1) is 0 Å². The van der Waals surface area contributed by atoms with Gasteiger partial charge in [0, 0.05) is 10.0 Å². The molecule has 0 radical (unpaired) electrons. The molecule has 0 amide bonds. The van der Waals surface area contributed by atoms with Crippen LogP contribution in [0.5, 0.6) is 5.75 Å². The molecule has 0 aromatic heterocycles. The number of methoxy groups -OCH3 is 1. The predicted octanol–water partition coefficient (Wildman–Crippen LogP) is 2.52. The van der Waals surface area contributed by atoms with Gasteiger partial charge < -0.3 is 10.5 Å². The Morgan fingerprint density at radius 1 is 1.57 bits per heavy atom. The first-order valence-corrected chi connectivity index (χ1v) is 5.59. The molecular weight excluding hydrogens is 242 g/mol. The maximum absolute atomic E-state index is 5.65. The van der Waals surface area contributed by atoms with Crippen molar-refractivity contribution in [3.8, 4) is 5.75 Å². The molecule has 0 aliphatic heterocycles. The number of rotatable bonds is 3. The summed E-state index contributed by atoms with van der Waals surface area (Å²) in [5.41, 5.74) is 6.93. The standard InChI is InChI=1S/C11H14BrNO/c1-14-10-4-2-3-9(12)11(10)8-5-7(8)6-13/h2-4,7-8H,5-6,13H2,1H3/t7-,8+/m0/s1. The fourth-order valence-electron chi connectivity index (χ4n) is 1.92. The zero-order chi connectivity index (χ0) is 10.1. The molecule has 0 heterocycles. The van der Waals surface area contributed by atoms with E-state index in [1.807, 2.05) is 12.1 Å². The number of hydrogen-bond donors (Lipinski definition) is 1. The molecule has 2 nitrogen and oxygen atoms in total. The van der Waals surface area contributed by atoms with Crippen LogP contribution in [-0.2, 0) is 0 Å². The summed E-state index contributed by atoms with van der Waals surface area (Å²) < 4.78 is 6.49. The lowest BCUT2D eigenvalue weighted by atomic mass is 10.1. The zero-order valence-electron chi connectivity index (χ0n) is 8.16. The van der Waals surface area contributed by atoms with Crippen molar-refractivity contribution in [3.63, 3.8) is 0 Å². The van der Waals surface area contributed by atoms with Gasteiger partial charge >= 0.3 is 0 Å². The molecule has 2 N–H and O–H groups in total. The van der Waals surface area contributed by atoms with E-state index >= 15 is 0 Å². The van der Waals surface area contributed by atoms with Crippen LogP contribution in [0.4, 0.5) is 0 Å². The van der Waals surface area contributed by atoms with Gasteiger partial charge in [0.1, 0.15) is 5.75 Å². The van der Waals surface area contributed by atoms with Crippen molar-refractivity contribution in [1.82, 2.24) is 0 Å². The van der Waals surface area contributed by atoms with Crippen molar-refractivity contribution < 1.29 is 4.74 Å². The van der Waals surface area contributed by atoms with Crippen molar-refractivity contribution in [1.29, 1.82) is 0 Å². The highest BCUT2D eigenvalue weighted by atomic mass is 79.9. The van der Waals surface area contributed by atoms with Crippen molar-refractivity contribution in [3.05, 3.63) is 28.2 Å². The van der Waals surface area contributed by atoms with E-state index in [1.54, 1.807) is 7.11 Å². The first kappa shape index (κ1) is 9.99. The fraction of sp³-hybridized carbons (Fsp3) is 0.455. The van der Waals surface area contributed by atoms with Gasteiger partial charge in [0.05, 0.1) is 7.11 Å². The molecule has 14 heavy (non-hydrogen) atoms. The summed E-state index contributed by atoms with van der Waals surface area (Å²) in [4.78, 5) is 0. The first-order valence-electron chi connectivity index (χ1n) is 4.80. The SMILES string of the molecule is COc1cccc(Br)c1[C@@H]1C[C@H]1CN. The van der Waals surface area contributed by atoms with Gasteiger partial charge in [-0.05, 0) is 36.9 Å². The van der Waals surface area contributed by atoms with Crippen LogP contribution >= 0.6 is 15.9 Å². The third kappa shape index (κ3) is 1.66. The second kappa shape index (κ2) is 3.91. The highest BCUT2D eigenvalue weighted by molar-refractivity contribution is 9.10. The van der Waals surface area contributed by atoms with E-state index in [1.165, 1.54) is 12.0 Å². The topological polar surface area (TPSA) is 35.2 Å². The Balaban J connectivity index is 2.32. The summed E-state index contributed by atoms with van der Waals surface area (Å²) in [6, 6.07) is 6.06. The molecule has 1 saturated carbocycles. The average Bonchev–Trinajstić information content (AvgIpc) is 2.96. The maximum Gasteiger partial charge on any atom is 0.123 e. The van der Waals surface area contributed by atoms with Crippen LogP contribution in [0.1, 0.15) is 17.9 Å². The minimum atomic E-state index is 0.588. The smallest absolute Gasteiger partial charge is 0.123 e. The molecular formula is C11H14BrNO. The Morgan fingerprint density at radius 3 is 2.93 bits per heavy atom. The molecule has 0 saturated heterocycles. The number of benzene rings is 1. The Kier molecular flexibility index (Phi) is 2.79. The molecule has 1 aliphatic rings. The Bertz CT molecular complexity index is 340. The van der Waals surface area contributed by atoms with E-state index in [0.717, 1.165) is 16.8 Å². The molecule has 2 rings (SSSR count). The Hall–Kier alpha value is -0.540. The van der Waals surface area contributed by atoms with Gasteiger partial charge in [-0.1, -0.05) is 22.0 Å². The van der Waals surface area contributed by atoms with E-state index in [0.29, 0.717) is 11.8 Å². The van der Waals surface area contributed by atoms with Gasteiger partial charge in [-0.3, -0.25) is 0 Å². The lowest BCUT2D eigenvalue weighted by Gasteiger charge is -2.09. The quantitative estimate of drug-likeness (QED) is 0.901. The van der Waals surface area contributed by atoms with E-state index in [2.05, 4.69) is 22.0 Å². The van der Waals surface area contributed by atoms with Crippen molar-refractivity contribution in [2.24, 2.45) is 11.7 Å². The minimum absolute atomic E-state index is 0.588. The fourth-order valence-corrected chi connectivity index (χ4v) is 2.56. The first-order chi connectivity index (χ1) is 6.77. The second-order valence-electron chi connectivity index (χ2n) is 3.69. The summed E-state index contributed by atoms with van der Waals surface area (Å²) in [6.07, 6.45) is 1.19. The second-order valence-corrected chi connectivity index (χ2v) is 4.55. The van der Waals surface area contributed by atoms with Crippen LogP contribution < -0.4 is 10.5 Å². The monoisotopic (exact) mass is 255 g/mol. The molecule has 1 aliphatic carbocycles. The summed E-state index contributed by atoms with van der Waals surface area (Å²) in [7, 11) is 1.71. The predicted molar refractivity (Wildman–Crippen MR) is 60.6 cm³/mol. The molecule has 0 bridgehead atoms. The van der Waals surface area contributed by atoms with Crippen molar-refractivity contribution in [2.45, 2.75) is 12.3 Å². The van der Waals surface area contributed by atoms with Gasteiger partial charge in [-0.2, -0.15) is 0 Å². The molecule has 0 unspecified atom stereocenters. The average molecular weight is 256 g/mol. The number of halogens is 1. The third-order valence-electron chi connectivity index (χ3n) is 2.83. The lowest BCUT2D eigenvalue weighted by molar-refractivity contribution is 0.408. The molecule has 0 spiro atoms. The molecule has 1 aromatic carbocycles. The van der Waals surface area contributed by atoms with Crippen LogP contribution in [0, 0.1) is 5.92 Å². The normalized spacial score (nSPS) is 24.8. The highest BCUT2D eigenvalue weighted by Crippen LogP contribution is 2.52. The van der Waals surface area contributed by atoms with Crippen molar-refractivity contribution in [2.75, 3.05) is 13.7 Å². The van der Waals surface area contributed by atoms with Crippen LogP contribution in [-0.4, -0.2) is 13.7 Å². The lowest BCUT2D eigenvalue weighted by Crippen LogP contribution is -2.02. The third-order valence-corrected chi connectivity index (χ3v) is 3.52. The summed E-state index contributed by atoms with van der Waals surface area (Å²) in [5, 5.41) is 0. The molecule has 3 heteroatoms. The van der Waals surface area contributed by atoms with E-state index in [4.69, 9.17) is 10.5 Å². The zero-order valence-corrected chi connectivity index (χ0v) is 9.75. The number of nitrogens with two attached hydrogens (primary N) is 1. The minimum Gasteiger partial charge on any atom is -0.496 e. The van der Waals surface area contributed by atoms with Crippen molar-refractivity contribution >= 4 is 15.9 Å². The van der Waals surface area contributed by atoms with E-state index in [9.17, 15) is 0 Å². The Morgan fingerprint density at radius 2 is 2.36 bits per heavy atom. The van der Waals surface area contributed by atoms with Gasteiger partial charge in [0.25, 0.3) is 0 Å². The summed E-state index contributed by atoms with van der Waals surface area (Å²) >= 11 is 3.56. The van der Waals surface area contributed by atoms with E-state index in [-0.39, 0.29) is 0 Å². The van der Waals surface area contributed by atoms with E-state index < -0.39 is 0 Å². The number of hydrogen-bond acceptors (Lipinski definition) is 2. The van der Waals surface area contributed by atoms with Crippen LogP contribution in [0.25, 0.3) is 0 Å². The van der Waals surface area contributed by atoms with Crippen LogP contribution in [0.15, 0.2) is 22.7 Å². The van der Waals surface area contributed by atoms with Gasteiger partial charge in [0.15, 0.2) is 0 Å². The van der Waals surface area contributed by atoms with Crippen LogP contribution in [0.2, 0.25) is 0 Å². The molecule has 1 aromatic rings. The highest BCUT2D eigenvalue weighted by Gasteiger charge is 2.39. The largest absolute Gasteiger partial charge is 0.496 e. The van der Waals surface area contributed by atoms with Gasteiger partial charge in [0.2, 0.25) is 0 Å². The molecule has 2 atom stereocenters. The van der Waals surface area contributed by atoms with Gasteiger partial charge in [-0.25, -0.2) is 0 Å². The Labute approximate surface area is 92.6 Å². The molecule has 76 valence electrons. The van der Waals surface area contributed by atoms with Crippen LogP contribution in [0.3, 0.4) is 0 Å².